The van der Waals surface area contributed by atoms with Crippen molar-refractivity contribution in [1.82, 2.24) is 0 Å². The second-order valence-electron chi connectivity index (χ2n) is 0. The third kappa shape index (κ3) is 86.9. The molecule has 0 aliphatic rings. The van der Waals surface area contributed by atoms with Crippen molar-refractivity contribution < 1.29 is 49.6 Å². The van der Waals surface area contributed by atoms with Crippen molar-refractivity contribution in [1.29, 1.82) is 0 Å². The first-order valence-corrected chi connectivity index (χ1v) is 0. The Kier molecular flexibility index (Phi) is 1640. The maximum atomic E-state index is 0. The average molecular weight is 436 g/mol. The van der Waals surface area contributed by atoms with E-state index >= 15 is 0 Å². The molecule has 0 heterocycles. The molecule has 55 valence electrons. The largest absolute Gasteiger partial charge is 2.00 e. The van der Waals surface area contributed by atoms with Crippen LogP contribution < -0.4 is 0 Å². The third-order valence-corrected chi connectivity index (χ3v) is 0. The minimum absolute atomic E-state index is 0. The van der Waals surface area contributed by atoms with Gasteiger partial charge in [-0.15, -0.1) is 0 Å². The van der Waals surface area contributed by atoms with E-state index in [0.29, 0.717) is 0 Å². The molecule has 0 saturated heterocycles. The molecule has 9 heteroatoms. The van der Waals surface area contributed by atoms with Crippen LogP contribution in [0, 0.1) is 0 Å². The summed E-state index contributed by atoms with van der Waals surface area (Å²) in [6, 6.07) is 0. The van der Waals surface area contributed by atoms with Crippen LogP contribution in [0.15, 0.2) is 0 Å². The van der Waals surface area contributed by atoms with Crippen LogP contribution in [-0.4, -0.2) is 131 Å². The molecule has 1 radical (unpaired) electrons. The summed E-state index contributed by atoms with van der Waals surface area (Å²) in [6.45, 7) is 0. The zero-order valence-corrected chi connectivity index (χ0v) is 14.4. The van der Waals surface area contributed by atoms with Gasteiger partial charge >= 0.3 is 115 Å². The van der Waals surface area contributed by atoms with Gasteiger partial charge in [-0.05, 0) is 0 Å². The Morgan fingerprint density at radius 2 is 0.333 bits per heavy atom. The summed E-state index contributed by atoms with van der Waals surface area (Å²) in [4.78, 5) is 0. The maximum absolute atomic E-state index is 0. The van der Waals surface area contributed by atoms with Gasteiger partial charge in [0, 0.05) is 0 Å². The molecule has 0 aliphatic heterocycles. The van der Waals surface area contributed by atoms with Crippen LogP contribution in [-0.2, 0) is 16.8 Å². The van der Waals surface area contributed by atoms with Gasteiger partial charge in [-0.25, -0.2) is 0 Å². The molecule has 0 rings (SSSR count). The van der Waals surface area contributed by atoms with E-state index in [1.807, 2.05) is 0 Å². The van der Waals surface area contributed by atoms with Crippen LogP contribution in [0.25, 0.3) is 0 Å². The molecule has 6 N–H and O–H groups in total. The van der Waals surface area contributed by atoms with E-state index < -0.39 is 0 Å². The first-order chi connectivity index (χ1) is 0. The molecule has 0 saturated carbocycles. The van der Waals surface area contributed by atoms with Gasteiger partial charge in [0.05, 0.1) is 0 Å². The van der Waals surface area contributed by atoms with Gasteiger partial charge in [0.2, 0.25) is 0 Å². The Hall–Kier alpha value is 3.41. The molecule has 0 amide bonds. The summed E-state index contributed by atoms with van der Waals surface area (Å²) >= 11 is 0. The summed E-state index contributed by atoms with van der Waals surface area (Å²) in [5, 5.41) is 0. The number of hydrogen-bond donors (Lipinski definition) is 0. The Bertz CT molecular complexity index is 11.0. The van der Waals surface area contributed by atoms with Crippen molar-refractivity contribution in [2.75, 3.05) is 0 Å². The van der Waals surface area contributed by atoms with Crippen LogP contribution in [0.4, 0.5) is 0 Å². The topological polar surface area (TPSA) is 180 Å². The van der Waals surface area contributed by atoms with Gasteiger partial charge < -0.3 is 32.9 Å². The molecule has 0 atom stereocenters. The molecular formula is H6Ba2CoO6. The quantitative estimate of drug-likeness (QED) is 0.403. The smallest absolute Gasteiger partial charge is 0.870 e. The predicted octanol–water partition coefficient (Wildman–Crippen LogP) is -1.82. The SMILES string of the molecule is [Ba+2].[Ba+2].[Co+2].[OH-].[OH-].[OH-].[OH-].[OH-].[OH-]. The molecule has 0 aliphatic carbocycles. The fraction of sp³-hybridized carbons (Fsp3) is 0. The number of rotatable bonds is 0. The van der Waals surface area contributed by atoms with Crippen LogP contribution in [0.5, 0.6) is 0 Å². The molecule has 0 fully saturated rings. The predicted molar refractivity (Wildman–Crippen MR) is 23.1 cm³/mol. The number of hydrogen-bond acceptors (Lipinski definition) is 6. The van der Waals surface area contributed by atoms with E-state index in [1.54, 1.807) is 0 Å². The fourth-order valence-electron chi connectivity index (χ4n) is 0. The van der Waals surface area contributed by atoms with Crippen molar-refractivity contribution in [2.45, 2.75) is 0 Å². The van der Waals surface area contributed by atoms with Gasteiger partial charge in [-0.1, -0.05) is 0 Å². The normalized spacial score (nSPS) is 0. The second kappa shape index (κ2) is 106. The maximum Gasteiger partial charge on any atom is 2.00 e. The molecule has 0 aromatic heterocycles. The van der Waals surface area contributed by atoms with Crippen molar-refractivity contribution in [3.63, 3.8) is 0 Å². The first-order valence-electron chi connectivity index (χ1n) is 0. The third-order valence-electron chi connectivity index (χ3n) is 0. The minimum atomic E-state index is 0. The Morgan fingerprint density at radius 1 is 0.333 bits per heavy atom. The van der Waals surface area contributed by atoms with E-state index in [9.17, 15) is 0 Å². The fourth-order valence-corrected chi connectivity index (χ4v) is 0. The Morgan fingerprint density at radius 3 is 0.333 bits per heavy atom. The molecule has 0 aromatic carbocycles. The van der Waals surface area contributed by atoms with Gasteiger partial charge in [-0.2, -0.15) is 0 Å². The molecule has 6 nitrogen and oxygen atoms in total. The monoisotopic (exact) mass is 437 g/mol. The summed E-state index contributed by atoms with van der Waals surface area (Å²) in [5.74, 6) is 0. The van der Waals surface area contributed by atoms with Gasteiger partial charge in [0.15, 0.2) is 0 Å². The van der Waals surface area contributed by atoms with E-state index in [-0.39, 0.29) is 147 Å². The molecular weight excluding hydrogens is 430 g/mol. The van der Waals surface area contributed by atoms with Crippen molar-refractivity contribution in [2.24, 2.45) is 0 Å². The first kappa shape index (κ1) is 139. The molecule has 0 spiro atoms. The van der Waals surface area contributed by atoms with Crippen LogP contribution in [0.3, 0.4) is 0 Å². The van der Waals surface area contributed by atoms with Crippen molar-refractivity contribution in [3.8, 4) is 0 Å². The van der Waals surface area contributed by atoms with E-state index in [1.165, 1.54) is 0 Å². The standard InChI is InChI=1S/2Ba.Co.6H2O/h;;;6*1H2/q3*+2;;;;;;/p-6. The molecule has 0 bridgehead atoms. The van der Waals surface area contributed by atoms with E-state index in [0.717, 1.165) is 0 Å². The van der Waals surface area contributed by atoms with Crippen LogP contribution in [0.2, 0.25) is 0 Å². The van der Waals surface area contributed by atoms with Crippen LogP contribution >= 0.6 is 0 Å². The Balaban J connectivity index is 0. The van der Waals surface area contributed by atoms with Gasteiger partial charge in [0.25, 0.3) is 0 Å². The van der Waals surface area contributed by atoms with Gasteiger partial charge in [-0.3, -0.25) is 0 Å². The zero-order valence-electron chi connectivity index (χ0n) is 4.43. The molecule has 0 aromatic rings. The summed E-state index contributed by atoms with van der Waals surface area (Å²) < 4.78 is 0. The molecule has 9 heavy (non-hydrogen) atoms. The minimum Gasteiger partial charge on any atom is -0.870 e. The van der Waals surface area contributed by atoms with E-state index in [4.69, 9.17) is 0 Å². The summed E-state index contributed by atoms with van der Waals surface area (Å²) in [7, 11) is 0. The molecule has 0 unspecified atom stereocenters. The second-order valence-corrected chi connectivity index (χ2v) is 0. The van der Waals surface area contributed by atoms with Crippen molar-refractivity contribution >= 4 is 97.8 Å². The zero-order chi connectivity index (χ0) is 0. The van der Waals surface area contributed by atoms with Gasteiger partial charge in [0.1, 0.15) is 0 Å². The summed E-state index contributed by atoms with van der Waals surface area (Å²) in [5.41, 5.74) is 0. The van der Waals surface area contributed by atoms with Crippen molar-refractivity contribution in [3.05, 3.63) is 0 Å². The summed E-state index contributed by atoms with van der Waals surface area (Å²) in [6.07, 6.45) is 0. The average Bonchev–Trinajstić information content (AvgIpc) is 0. The van der Waals surface area contributed by atoms with Crippen LogP contribution in [0.1, 0.15) is 0 Å². The Labute approximate surface area is 144 Å². The van der Waals surface area contributed by atoms with E-state index in [2.05, 4.69) is 0 Å².